The second kappa shape index (κ2) is 7.87. The van der Waals surface area contributed by atoms with Crippen molar-refractivity contribution < 1.29 is 4.43 Å². The fourth-order valence-corrected chi connectivity index (χ4v) is 3.21. The van der Waals surface area contributed by atoms with Gasteiger partial charge in [-0.15, -0.1) is 6.42 Å². The topological polar surface area (TPSA) is 9.23 Å². The second-order valence-corrected chi connectivity index (χ2v) is 12.6. The summed E-state index contributed by atoms with van der Waals surface area (Å²) in [5.74, 6) is 2.74. The minimum atomic E-state index is -1.76. The summed E-state index contributed by atoms with van der Waals surface area (Å²) >= 11 is 0. The summed E-state index contributed by atoms with van der Waals surface area (Å²) in [5.41, 5.74) is 4.36. The van der Waals surface area contributed by atoms with Crippen molar-refractivity contribution in [2.24, 2.45) is 0 Å². The van der Waals surface area contributed by atoms with E-state index >= 15 is 0 Å². The smallest absolute Gasteiger partial charge is 0.192 e. The van der Waals surface area contributed by atoms with Gasteiger partial charge in [0, 0.05) is 5.56 Å². The fourth-order valence-electron chi connectivity index (χ4n) is 2.26. The summed E-state index contributed by atoms with van der Waals surface area (Å²) in [6.45, 7) is 12.0. The van der Waals surface area contributed by atoms with E-state index in [1.54, 1.807) is 0 Å². The van der Waals surface area contributed by atoms with E-state index < -0.39 is 8.32 Å². The van der Waals surface area contributed by atoms with Gasteiger partial charge in [-0.1, -0.05) is 81.3 Å². The SMILES string of the molecule is C#Cc1ccccc1/C=C\c1ccccc1CO[Si](C)(C)C(C)(C)C. The first-order chi connectivity index (χ1) is 11.7. The Bertz CT molecular complexity index is 788. The van der Waals surface area contributed by atoms with Crippen LogP contribution in [0.5, 0.6) is 0 Å². The maximum absolute atomic E-state index is 6.39. The molecule has 0 aromatic heterocycles. The molecule has 0 fully saturated rings. The number of terminal acetylenes is 1. The molecule has 0 N–H and O–H groups in total. The monoisotopic (exact) mass is 348 g/mol. The van der Waals surface area contributed by atoms with Gasteiger partial charge >= 0.3 is 0 Å². The lowest BCUT2D eigenvalue weighted by atomic mass is 10.0. The molecule has 0 spiro atoms. The van der Waals surface area contributed by atoms with Crippen LogP contribution in [-0.4, -0.2) is 8.32 Å². The van der Waals surface area contributed by atoms with E-state index in [0.717, 1.165) is 11.1 Å². The van der Waals surface area contributed by atoms with E-state index in [1.807, 2.05) is 24.3 Å². The molecule has 130 valence electrons. The second-order valence-electron chi connectivity index (χ2n) is 7.81. The molecular formula is C23H28OSi. The third-order valence-corrected chi connectivity index (χ3v) is 9.49. The van der Waals surface area contributed by atoms with Gasteiger partial charge in [0.05, 0.1) is 6.61 Å². The molecule has 0 radical (unpaired) electrons. The highest BCUT2D eigenvalue weighted by atomic mass is 28.4. The van der Waals surface area contributed by atoms with Crippen molar-refractivity contribution in [2.75, 3.05) is 0 Å². The Morgan fingerprint density at radius 3 is 2.16 bits per heavy atom. The molecular weight excluding hydrogens is 320 g/mol. The van der Waals surface area contributed by atoms with E-state index in [1.165, 1.54) is 11.1 Å². The number of hydrogen-bond acceptors (Lipinski definition) is 1. The molecule has 0 aliphatic rings. The van der Waals surface area contributed by atoms with Gasteiger partial charge in [0.25, 0.3) is 0 Å². The van der Waals surface area contributed by atoms with Crippen LogP contribution in [0.4, 0.5) is 0 Å². The standard InChI is InChI=1S/C23H28OSi/c1-7-19-12-8-9-13-20(19)16-17-21-14-10-11-15-22(21)18-24-25(5,6)23(2,3)4/h1,8-17H,18H2,2-6H3/b17-16-. The maximum atomic E-state index is 6.39. The Hall–Kier alpha value is -2.08. The van der Waals surface area contributed by atoms with Crippen LogP contribution in [0.25, 0.3) is 12.2 Å². The lowest BCUT2D eigenvalue weighted by Gasteiger charge is -2.36. The van der Waals surface area contributed by atoms with E-state index in [-0.39, 0.29) is 5.04 Å². The van der Waals surface area contributed by atoms with Crippen LogP contribution in [0.1, 0.15) is 43.0 Å². The molecule has 2 aromatic carbocycles. The van der Waals surface area contributed by atoms with Crippen molar-refractivity contribution in [2.45, 2.75) is 45.5 Å². The molecule has 0 unspecified atom stereocenters. The van der Waals surface area contributed by atoms with E-state index in [9.17, 15) is 0 Å². The Labute approximate surface area is 153 Å². The van der Waals surface area contributed by atoms with Gasteiger partial charge in [0.1, 0.15) is 0 Å². The zero-order valence-corrected chi connectivity index (χ0v) is 17.0. The van der Waals surface area contributed by atoms with Gasteiger partial charge in [-0.05, 0) is 40.9 Å². The third kappa shape index (κ3) is 4.95. The number of benzene rings is 2. The fraction of sp³-hybridized carbons (Fsp3) is 0.304. The van der Waals surface area contributed by atoms with Gasteiger partial charge < -0.3 is 4.43 Å². The molecule has 2 rings (SSSR count). The van der Waals surface area contributed by atoms with Gasteiger partial charge in [-0.2, -0.15) is 0 Å². The highest BCUT2D eigenvalue weighted by Crippen LogP contribution is 2.37. The Kier molecular flexibility index (Phi) is 6.05. The summed E-state index contributed by atoms with van der Waals surface area (Å²) in [6.07, 6.45) is 9.80. The predicted octanol–water partition coefficient (Wildman–Crippen LogP) is 6.36. The van der Waals surface area contributed by atoms with Gasteiger partial charge in [-0.3, -0.25) is 0 Å². The molecule has 0 saturated carbocycles. The quantitative estimate of drug-likeness (QED) is 0.347. The van der Waals surface area contributed by atoms with Crippen LogP contribution < -0.4 is 0 Å². The average Bonchev–Trinajstić information content (AvgIpc) is 2.58. The van der Waals surface area contributed by atoms with Crippen LogP contribution in [-0.2, 0) is 11.0 Å². The van der Waals surface area contributed by atoms with E-state index in [2.05, 4.69) is 76.2 Å². The summed E-state index contributed by atoms with van der Waals surface area (Å²) in [5, 5.41) is 0.212. The zero-order valence-electron chi connectivity index (χ0n) is 16.0. The summed E-state index contributed by atoms with van der Waals surface area (Å²) in [7, 11) is -1.76. The Morgan fingerprint density at radius 1 is 0.960 bits per heavy atom. The molecule has 2 aromatic rings. The normalized spacial score (nSPS) is 12.3. The van der Waals surface area contributed by atoms with Crippen molar-refractivity contribution in [3.8, 4) is 12.3 Å². The largest absolute Gasteiger partial charge is 0.413 e. The molecule has 0 aliphatic carbocycles. The van der Waals surface area contributed by atoms with Crippen LogP contribution in [0.3, 0.4) is 0 Å². The van der Waals surface area contributed by atoms with Crippen molar-refractivity contribution in [1.29, 1.82) is 0 Å². The van der Waals surface area contributed by atoms with Crippen LogP contribution in [0, 0.1) is 12.3 Å². The van der Waals surface area contributed by atoms with Gasteiger partial charge in [0.2, 0.25) is 0 Å². The van der Waals surface area contributed by atoms with E-state index in [4.69, 9.17) is 10.8 Å². The van der Waals surface area contributed by atoms with Crippen molar-refractivity contribution in [3.05, 3.63) is 70.8 Å². The first kappa shape index (κ1) is 19.2. The lowest BCUT2D eigenvalue weighted by molar-refractivity contribution is 0.276. The average molecular weight is 349 g/mol. The summed E-state index contributed by atoms with van der Waals surface area (Å²) in [6, 6.07) is 16.4. The maximum Gasteiger partial charge on any atom is 0.192 e. The molecule has 0 amide bonds. The highest BCUT2D eigenvalue weighted by molar-refractivity contribution is 6.74. The number of hydrogen-bond donors (Lipinski definition) is 0. The molecule has 25 heavy (non-hydrogen) atoms. The van der Waals surface area contributed by atoms with E-state index in [0.29, 0.717) is 6.61 Å². The zero-order chi connectivity index (χ0) is 18.5. The van der Waals surface area contributed by atoms with Crippen molar-refractivity contribution >= 4 is 20.5 Å². The minimum absolute atomic E-state index is 0.212. The molecule has 2 heteroatoms. The van der Waals surface area contributed by atoms with Crippen molar-refractivity contribution in [3.63, 3.8) is 0 Å². The third-order valence-electron chi connectivity index (χ3n) is 5.01. The van der Waals surface area contributed by atoms with Crippen molar-refractivity contribution in [1.82, 2.24) is 0 Å². The molecule has 0 aliphatic heterocycles. The highest BCUT2D eigenvalue weighted by Gasteiger charge is 2.37. The van der Waals surface area contributed by atoms with Crippen LogP contribution >= 0.6 is 0 Å². The first-order valence-corrected chi connectivity index (χ1v) is 11.6. The molecule has 0 heterocycles. The number of rotatable bonds is 5. The first-order valence-electron chi connectivity index (χ1n) is 8.70. The van der Waals surface area contributed by atoms with Crippen LogP contribution in [0.2, 0.25) is 18.1 Å². The lowest BCUT2D eigenvalue weighted by Crippen LogP contribution is -2.40. The molecule has 0 bridgehead atoms. The molecule has 0 saturated heterocycles. The summed E-state index contributed by atoms with van der Waals surface area (Å²) in [4.78, 5) is 0. The van der Waals surface area contributed by atoms with Crippen LogP contribution in [0.15, 0.2) is 48.5 Å². The van der Waals surface area contributed by atoms with Gasteiger partial charge in [0.15, 0.2) is 8.32 Å². The molecule has 1 nitrogen and oxygen atoms in total. The van der Waals surface area contributed by atoms with Gasteiger partial charge in [-0.25, -0.2) is 0 Å². The molecule has 0 atom stereocenters. The predicted molar refractivity (Wildman–Crippen MR) is 112 cm³/mol. The summed E-state index contributed by atoms with van der Waals surface area (Å²) < 4.78 is 6.39. The Morgan fingerprint density at radius 2 is 1.52 bits per heavy atom. The minimum Gasteiger partial charge on any atom is -0.413 e. The Balaban J connectivity index is 2.21.